The number of hydrogen-bond acceptors (Lipinski definition) is 1. The van der Waals surface area contributed by atoms with Crippen molar-refractivity contribution in [2.24, 2.45) is 11.7 Å². The van der Waals surface area contributed by atoms with E-state index in [2.05, 4.69) is 26.0 Å². The van der Waals surface area contributed by atoms with E-state index in [1.807, 2.05) is 12.2 Å². The Balaban J connectivity index is 2.70. The summed E-state index contributed by atoms with van der Waals surface area (Å²) in [6.45, 7) is 4.31. The number of nitrogens with two attached hydrogens (primary N) is 1. The molecule has 0 spiro atoms. The first-order valence-electron chi connectivity index (χ1n) is 3.78. The summed E-state index contributed by atoms with van der Waals surface area (Å²) in [5.41, 5.74) is 5.98. The molecule has 0 heterocycles. The smallest absolute Gasteiger partial charge is 0.0400 e. The Morgan fingerprint density at radius 3 is 2.40 bits per heavy atom. The molecule has 1 unspecified atom stereocenters. The number of rotatable bonds is 1. The molecule has 0 bridgehead atoms. The summed E-state index contributed by atoms with van der Waals surface area (Å²) in [6.07, 6.45) is 9.27. The van der Waals surface area contributed by atoms with Crippen LogP contribution in [0.3, 0.4) is 0 Å². The quantitative estimate of drug-likeness (QED) is 0.586. The highest BCUT2D eigenvalue weighted by atomic mass is 14.7. The molecule has 1 heteroatoms. The normalized spacial score (nSPS) is 31.6. The summed E-state index contributed by atoms with van der Waals surface area (Å²) in [5, 5.41) is 0. The predicted molar refractivity (Wildman–Crippen MR) is 44.7 cm³/mol. The minimum Gasteiger partial charge on any atom is -0.321 e. The van der Waals surface area contributed by atoms with E-state index in [9.17, 15) is 0 Å². The number of allylic oxidation sites excluding steroid dienone is 2. The van der Waals surface area contributed by atoms with E-state index >= 15 is 0 Å². The van der Waals surface area contributed by atoms with Crippen LogP contribution in [0.1, 0.15) is 20.3 Å². The SMILES string of the molecule is CC(C)C1(N)C=CC=CC1. The lowest BCUT2D eigenvalue weighted by Gasteiger charge is -2.30. The highest BCUT2D eigenvalue weighted by Crippen LogP contribution is 2.22. The van der Waals surface area contributed by atoms with Crippen LogP contribution in [0, 0.1) is 5.92 Å². The first kappa shape index (κ1) is 7.55. The molecule has 1 atom stereocenters. The lowest BCUT2D eigenvalue weighted by Crippen LogP contribution is -2.43. The first-order valence-corrected chi connectivity index (χ1v) is 3.78. The molecule has 0 amide bonds. The van der Waals surface area contributed by atoms with Crippen LogP contribution in [-0.4, -0.2) is 5.54 Å². The summed E-state index contributed by atoms with van der Waals surface area (Å²) in [5.74, 6) is 0.522. The lowest BCUT2D eigenvalue weighted by molar-refractivity contribution is 0.386. The molecule has 1 nitrogen and oxygen atoms in total. The van der Waals surface area contributed by atoms with Gasteiger partial charge in [-0.25, -0.2) is 0 Å². The Labute approximate surface area is 62.6 Å². The van der Waals surface area contributed by atoms with Crippen molar-refractivity contribution in [2.75, 3.05) is 0 Å². The molecule has 1 aliphatic rings. The maximum Gasteiger partial charge on any atom is 0.0400 e. The van der Waals surface area contributed by atoms with Crippen molar-refractivity contribution >= 4 is 0 Å². The summed E-state index contributed by atoms with van der Waals surface area (Å²) >= 11 is 0. The molecule has 0 fully saturated rings. The van der Waals surface area contributed by atoms with Crippen LogP contribution in [0.2, 0.25) is 0 Å². The van der Waals surface area contributed by atoms with E-state index in [1.165, 1.54) is 0 Å². The largest absolute Gasteiger partial charge is 0.321 e. The fourth-order valence-electron chi connectivity index (χ4n) is 1.08. The van der Waals surface area contributed by atoms with E-state index in [4.69, 9.17) is 5.73 Å². The van der Waals surface area contributed by atoms with Crippen molar-refractivity contribution in [1.29, 1.82) is 0 Å². The van der Waals surface area contributed by atoms with Crippen molar-refractivity contribution in [3.8, 4) is 0 Å². The highest BCUT2D eigenvalue weighted by Gasteiger charge is 2.24. The van der Waals surface area contributed by atoms with Gasteiger partial charge in [0.1, 0.15) is 0 Å². The van der Waals surface area contributed by atoms with E-state index in [0.29, 0.717) is 5.92 Å². The van der Waals surface area contributed by atoms with Gasteiger partial charge in [-0.05, 0) is 12.3 Å². The lowest BCUT2D eigenvalue weighted by atomic mass is 9.82. The Morgan fingerprint density at radius 1 is 1.40 bits per heavy atom. The van der Waals surface area contributed by atoms with Gasteiger partial charge in [0.2, 0.25) is 0 Å². The summed E-state index contributed by atoms with van der Waals surface area (Å²) in [6, 6.07) is 0. The molecule has 0 saturated heterocycles. The zero-order valence-electron chi connectivity index (χ0n) is 6.67. The average Bonchev–Trinajstić information content (AvgIpc) is 1.89. The third-order valence-electron chi connectivity index (χ3n) is 2.20. The van der Waals surface area contributed by atoms with E-state index in [0.717, 1.165) is 6.42 Å². The standard InChI is InChI=1S/C9H15N/c1-8(2)9(10)6-4-3-5-7-9/h3-6,8H,7,10H2,1-2H3. The zero-order valence-corrected chi connectivity index (χ0v) is 6.67. The minimum atomic E-state index is -0.0885. The van der Waals surface area contributed by atoms with Crippen molar-refractivity contribution in [1.82, 2.24) is 0 Å². The highest BCUT2D eigenvalue weighted by molar-refractivity contribution is 5.20. The van der Waals surface area contributed by atoms with Gasteiger partial charge in [0.15, 0.2) is 0 Å². The van der Waals surface area contributed by atoms with Crippen LogP contribution in [-0.2, 0) is 0 Å². The van der Waals surface area contributed by atoms with Crippen LogP contribution in [0.25, 0.3) is 0 Å². The molecule has 1 rings (SSSR count). The van der Waals surface area contributed by atoms with Gasteiger partial charge in [0, 0.05) is 5.54 Å². The Bertz CT molecular complexity index is 168. The molecule has 0 aliphatic heterocycles. The predicted octanol–water partition coefficient (Wildman–Crippen LogP) is 1.86. The number of hydrogen-bond donors (Lipinski definition) is 1. The first-order chi connectivity index (χ1) is 4.65. The monoisotopic (exact) mass is 137 g/mol. The minimum absolute atomic E-state index is 0.0885. The Hall–Kier alpha value is -0.560. The molecule has 1 aliphatic carbocycles. The van der Waals surface area contributed by atoms with Crippen LogP contribution >= 0.6 is 0 Å². The summed E-state index contributed by atoms with van der Waals surface area (Å²) < 4.78 is 0. The van der Waals surface area contributed by atoms with Crippen LogP contribution in [0.15, 0.2) is 24.3 Å². The molecule has 0 saturated carbocycles. The molecule has 56 valence electrons. The van der Waals surface area contributed by atoms with Crippen LogP contribution in [0.4, 0.5) is 0 Å². The molecule has 0 radical (unpaired) electrons. The van der Waals surface area contributed by atoms with Gasteiger partial charge in [0.25, 0.3) is 0 Å². The third kappa shape index (κ3) is 1.29. The zero-order chi connectivity index (χ0) is 7.61. The molecule has 0 aromatic heterocycles. The van der Waals surface area contributed by atoms with Crippen molar-refractivity contribution in [2.45, 2.75) is 25.8 Å². The summed E-state index contributed by atoms with van der Waals surface area (Å²) in [4.78, 5) is 0. The topological polar surface area (TPSA) is 26.0 Å². The molecular formula is C9H15N. The molecule has 0 aromatic rings. The van der Waals surface area contributed by atoms with Crippen LogP contribution in [0.5, 0.6) is 0 Å². The van der Waals surface area contributed by atoms with E-state index in [1.54, 1.807) is 0 Å². The van der Waals surface area contributed by atoms with Gasteiger partial charge in [-0.1, -0.05) is 38.2 Å². The fourth-order valence-corrected chi connectivity index (χ4v) is 1.08. The van der Waals surface area contributed by atoms with Crippen LogP contribution < -0.4 is 5.73 Å². The Morgan fingerprint density at radius 2 is 2.10 bits per heavy atom. The van der Waals surface area contributed by atoms with E-state index in [-0.39, 0.29) is 5.54 Å². The Kier molecular flexibility index (Phi) is 1.95. The van der Waals surface area contributed by atoms with Gasteiger partial charge in [-0.15, -0.1) is 0 Å². The van der Waals surface area contributed by atoms with Gasteiger partial charge < -0.3 is 5.73 Å². The fraction of sp³-hybridized carbons (Fsp3) is 0.556. The molecule has 0 aromatic carbocycles. The van der Waals surface area contributed by atoms with Crippen molar-refractivity contribution in [3.63, 3.8) is 0 Å². The van der Waals surface area contributed by atoms with Gasteiger partial charge in [0.05, 0.1) is 0 Å². The second-order valence-electron chi connectivity index (χ2n) is 3.26. The van der Waals surface area contributed by atoms with Gasteiger partial charge in [-0.3, -0.25) is 0 Å². The molecule has 10 heavy (non-hydrogen) atoms. The van der Waals surface area contributed by atoms with Crippen molar-refractivity contribution < 1.29 is 0 Å². The molecular weight excluding hydrogens is 122 g/mol. The maximum atomic E-state index is 6.06. The van der Waals surface area contributed by atoms with E-state index < -0.39 is 0 Å². The molecule has 2 N–H and O–H groups in total. The summed E-state index contributed by atoms with van der Waals surface area (Å²) in [7, 11) is 0. The van der Waals surface area contributed by atoms with Gasteiger partial charge >= 0.3 is 0 Å². The maximum absolute atomic E-state index is 6.06. The second kappa shape index (κ2) is 2.59. The average molecular weight is 137 g/mol. The van der Waals surface area contributed by atoms with Gasteiger partial charge in [-0.2, -0.15) is 0 Å². The van der Waals surface area contributed by atoms with Crippen molar-refractivity contribution in [3.05, 3.63) is 24.3 Å². The second-order valence-corrected chi connectivity index (χ2v) is 3.26. The third-order valence-corrected chi connectivity index (χ3v) is 2.20.